The Balaban J connectivity index is 2.73. The van der Waals surface area contributed by atoms with Crippen molar-refractivity contribution in [1.29, 1.82) is 0 Å². The monoisotopic (exact) mass is 249 g/mol. The van der Waals surface area contributed by atoms with Crippen molar-refractivity contribution < 1.29 is 4.79 Å². The third-order valence-electron chi connectivity index (χ3n) is 2.73. The zero-order valence-electron chi connectivity index (χ0n) is 11.7. The van der Waals surface area contributed by atoms with Crippen LogP contribution in [0.15, 0.2) is 12.1 Å². The maximum Gasteiger partial charge on any atom is 0.251 e. The highest BCUT2D eigenvalue weighted by atomic mass is 16.1. The lowest BCUT2D eigenvalue weighted by atomic mass is 10.1. The Hall–Kier alpha value is -1.58. The molecule has 0 aliphatic rings. The molecule has 100 valence electrons. The van der Waals surface area contributed by atoms with Crippen molar-refractivity contribution in [3.63, 3.8) is 0 Å². The normalized spacial score (nSPS) is 11.0. The summed E-state index contributed by atoms with van der Waals surface area (Å²) < 4.78 is 0. The number of rotatable bonds is 5. The standard InChI is InChI=1S/C14H23N3O/c1-9(2)5-6-16-14(18)11-7-12(10(3)4)17-13(15)8-11/h7-10H,5-6H2,1-4H3,(H2,15,17)(H,16,18). The molecule has 3 N–H and O–H groups in total. The summed E-state index contributed by atoms with van der Waals surface area (Å²) >= 11 is 0. The average Bonchev–Trinajstić information content (AvgIpc) is 2.27. The molecular formula is C14H23N3O. The number of nitrogens with zero attached hydrogens (tertiary/aromatic N) is 1. The molecule has 0 aliphatic heterocycles. The number of amides is 1. The lowest BCUT2D eigenvalue weighted by Gasteiger charge is -2.10. The average molecular weight is 249 g/mol. The van der Waals surface area contributed by atoms with E-state index in [2.05, 4.69) is 24.1 Å². The Labute approximate surface area is 109 Å². The van der Waals surface area contributed by atoms with E-state index in [0.717, 1.165) is 12.1 Å². The van der Waals surface area contributed by atoms with Crippen LogP contribution in [0.25, 0.3) is 0 Å². The van der Waals surface area contributed by atoms with Crippen molar-refractivity contribution in [1.82, 2.24) is 10.3 Å². The van der Waals surface area contributed by atoms with Gasteiger partial charge in [-0.25, -0.2) is 4.98 Å². The molecule has 0 bridgehead atoms. The van der Waals surface area contributed by atoms with Crippen LogP contribution < -0.4 is 11.1 Å². The zero-order valence-corrected chi connectivity index (χ0v) is 11.7. The fraction of sp³-hybridized carbons (Fsp3) is 0.571. The molecule has 0 atom stereocenters. The minimum absolute atomic E-state index is 0.0772. The van der Waals surface area contributed by atoms with Gasteiger partial charge in [-0.2, -0.15) is 0 Å². The maximum absolute atomic E-state index is 12.0. The van der Waals surface area contributed by atoms with Crippen LogP contribution >= 0.6 is 0 Å². The largest absolute Gasteiger partial charge is 0.384 e. The minimum atomic E-state index is -0.0772. The van der Waals surface area contributed by atoms with Gasteiger partial charge in [0.2, 0.25) is 0 Å². The maximum atomic E-state index is 12.0. The first-order chi connectivity index (χ1) is 8.40. The van der Waals surface area contributed by atoms with Crippen molar-refractivity contribution in [3.05, 3.63) is 23.4 Å². The predicted molar refractivity (Wildman–Crippen MR) is 74.5 cm³/mol. The molecule has 18 heavy (non-hydrogen) atoms. The molecule has 0 saturated heterocycles. The number of hydrogen-bond donors (Lipinski definition) is 2. The van der Waals surface area contributed by atoms with Gasteiger partial charge in [-0.1, -0.05) is 27.7 Å². The van der Waals surface area contributed by atoms with E-state index >= 15 is 0 Å². The van der Waals surface area contributed by atoms with Crippen LogP contribution in [-0.4, -0.2) is 17.4 Å². The van der Waals surface area contributed by atoms with Gasteiger partial charge in [0.05, 0.1) is 0 Å². The number of nitrogen functional groups attached to an aromatic ring is 1. The highest BCUT2D eigenvalue weighted by molar-refractivity contribution is 5.94. The molecule has 0 fully saturated rings. The lowest BCUT2D eigenvalue weighted by molar-refractivity contribution is 0.0952. The first-order valence-corrected chi connectivity index (χ1v) is 6.45. The third kappa shape index (κ3) is 4.35. The molecule has 0 radical (unpaired) electrons. The van der Waals surface area contributed by atoms with Gasteiger partial charge in [0, 0.05) is 17.8 Å². The number of nitrogens with one attached hydrogen (secondary N) is 1. The summed E-state index contributed by atoms with van der Waals surface area (Å²) in [6.07, 6.45) is 0.976. The van der Waals surface area contributed by atoms with Gasteiger partial charge in [0.25, 0.3) is 5.91 Å². The Morgan fingerprint density at radius 1 is 1.33 bits per heavy atom. The van der Waals surface area contributed by atoms with E-state index in [1.807, 2.05) is 19.9 Å². The molecule has 0 aromatic carbocycles. The summed E-state index contributed by atoms with van der Waals surface area (Å²) in [5.74, 6) is 1.16. The van der Waals surface area contributed by atoms with Crippen molar-refractivity contribution >= 4 is 11.7 Å². The van der Waals surface area contributed by atoms with Gasteiger partial charge in [0.1, 0.15) is 5.82 Å². The van der Waals surface area contributed by atoms with E-state index in [-0.39, 0.29) is 11.8 Å². The highest BCUT2D eigenvalue weighted by Gasteiger charge is 2.10. The van der Waals surface area contributed by atoms with Crippen LogP contribution in [0.5, 0.6) is 0 Å². The highest BCUT2D eigenvalue weighted by Crippen LogP contribution is 2.16. The molecule has 1 aromatic heterocycles. The second-order valence-electron chi connectivity index (χ2n) is 5.30. The number of carbonyl (C=O) groups excluding carboxylic acids is 1. The minimum Gasteiger partial charge on any atom is -0.384 e. The summed E-state index contributed by atoms with van der Waals surface area (Å²) in [7, 11) is 0. The van der Waals surface area contributed by atoms with Crippen LogP contribution in [0.2, 0.25) is 0 Å². The van der Waals surface area contributed by atoms with Crippen LogP contribution in [-0.2, 0) is 0 Å². The number of nitrogens with two attached hydrogens (primary N) is 1. The van der Waals surface area contributed by atoms with Crippen molar-refractivity contribution in [2.24, 2.45) is 5.92 Å². The van der Waals surface area contributed by atoms with E-state index in [9.17, 15) is 4.79 Å². The SMILES string of the molecule is CC(C)CCNC(=O)c1cc(N)nc(C(C)C)c1. The molecule has 0 saturated carbocycles. The second kappa shape index (κ2) is 6.38. The molecule has 0 aliphatic carbocycles. The second-order valence-corrected chi connectivity index (χ2v) is 5.30. The van der Waals surface area contributed by atoms with Gasteiger partial charge in [0.15, 0.2) is 0 Å². The van der Waals surface area contributed by atoms with Gasteiger partial charge in [-0.05, 0) is 30.4 Å². The molecule has 1 aromatic rings. The van der Waals surface area contributed by atoms with Crippen molar-refractivity contribution in [2.75, 3.05) is 12.3 Å². The van der Waals surface area contributed by atoms with Crippen LogP contribution in [0.1, 0.15) is 56.1 Å². The summed E-state index contributed by atoms with van der Waals surface area (Å²) in [4.78, 5) is 16.2. The third-order valence-corrected chi connectivity index (χ3v) is 2.73. The molecule has 1 rings (SSSR count). The van der Waals surface area contributed by atoms with Crippen molar-refractivity contribution in [3.8, 4) is 0 Å². The topological polar surface area (TPSA) is 68.0 Å². The van der Waals surface area contributed by atoms with Crippen LogP contribution in [0, 0.1) is 5.92 Å². The van der Waals surface area contributed by atoms with E-state index in [1.54, 1.807) is 6.07 Å². The summed E-state index contributed by atoms with van der Waals surface area (Å²) in [6, 6.07) is 3.43. The first-order valence-electron chi connectivity index (χ1n) is 6.45. The Bertz CT molecular complexity index is 414. The summed E-state index contributed by atoms with van der Waals surface area (Å²) in [6.45, 7) is 9.01. The van der Waals surface area contributed by atoms with E-state index < -0.39 is 0 Å². The number of hydrogen-bond acceptors (Lipinski definition) is 3. The summed E-state index contributed by atoms with van der Waals surface area (Å²) in [5.41, 5.74) is 7.16. The number of pyridine rings is 1. The Kier molecular flexibility index (Phi) is 5.13. The van der Waals surface area contributed by atoms with E-state index in [4.69, 9.17) is 5.73 Å². The number of carbonyl (C=O) groups is 1. The molecule has 0 spiro atoms. The van der Waals surface area contributed by atoms with Gasteiger partial charge in [-0.3, -0.25) is 4.79 Å². The molecule has 1 amide bonds. The molecule has 4 heteroatoms. The van der Waals surface area contributed by atoms with Gasteiger partial charge in [-0.15, -0.1) is 0 Å². The Morgan fingerprint density at radius 2 is 2.00 bits per heavy atom. The van der Waals surface area contributed by atoms with Crippen LogP contribution in [0.4, 0.5) is 5.82 Å². The molecule has 1 heterocycles. The summed E-state index contributed by atoms with van der Waals surface area (Å²) in [5, 5.41) is 2.90. The first kappa shape index (κ1) is 14.5. The van der Waals surface area contributed by atoms with E-state index in [0.29, 0.717) is 23.8 Å². The molecule has 0 unspecified atom stereocenters. The smallest absolute Gasteiger partial charge is 0.251 e. The van der Waals surface area contributed by atoms with Crippen LogP contribution in [0.3, 0.4) is 0 Å². The van der Waals surface area contributed by atoms with Gasteiger partial charge < -0.3 is 11.1 Å². The molecule has 4 nitrogen and oxygen atoms in total. The van der Waals surface area contributed by atoms with Crippen molar-refractivity contribution in [2.45, 2.75) is 40.0 Å². The predicted octanol–water partition coefficient (Wildman–Crippen LogP) is 2.56. The van der Waals surface area contributed by atoms with E-state index in [1.165, 1.54) is 0 Å². The lowest BCUT2D eigenvalue weighted by Crippen LogP contribution is -2.25. The van der Waals surface area contributed by atoms with Gasteiger partial charge >= 0.3 is 0 Å². The fourth-order valence-electron chi connectivity index (χ4n) is 1.58. The Morgan fingerprint density at radius 3 is 2.56 bits per heavy atom. The zero-order chi connectivity index (χ0) is 13.7. The fourth-order valence-corrected chi connectivity index (χ4v) is 1.58. The quantitative estimate of drug-likeness (QED) is 0.842. The number of aromatic nitrogens is 1. The molecular weight excluding hydrogens is 226 g/mol. The number of anilines is 1.